The Morgan fingerprint density at radius 1 is 1.29 bits per heavy atom. The lowest BCUT2D eigenvalue weighted by molar-refractivity contribution is -0.118. The third kappa shape index (κ3) is 4.31. The number of hydrogen-bond donors (Lipinski definition) is 2. The first kappa shape index (κ1) is 15.5. The van der Waals surface area contributed by atoms with Gasteiger partial charge in [0.1, 0.15) is 5.75 Å². The number of nitrogens with one attached hydrogen (secondary N) is 1. The van der Waals surface area contributed by atoms with Crippen LogP contribution in [0.3, 0.4) is 0 Å². The van der Waals surface area contributed by atoms with Crippen LogP contribution in [0.1, 0.15) is 11.1 Å². The van der Waals surface area contributed by atoms with E-state index in [0.717, 1.165) is 15.7 Å². The third-order valence-corrected chi connectivity index (χ3v) is 3.46. The molecule has 2 aromatic rings. The van der Waals surface area contributed by atoms with E-state index in [1.807, 2.05) is 31.2 Å². The molecule has 0 aliphatic carbocycles. The van der Waals surface area contributed by atoms with E-state index in [1.165, 1.54) is 0 Å². The maximum atomic E-state index is 11.9. The predicted octanol–water partition coefficient (Wildman–Crippen LogP) is 3.27. The number of carbonyl (C=O) groups is 1. The van der Waals surface area contributed by atoms with Crippen molar-refractivity contribution in [1.82, 2.24) is 0 Å². The molecule has 0 bridgehead atoms. The standard InChI is InChI=1S/C16H16BrNO3/c1-11-4-2-3-5-14(11)18-16(20)10-21-15-7-6-13(17)8-12(15)9-19/h2-8,19H,9-10H2,1H3,(H,18,20). The molecule has 0 atom stereocenters. The van der Waals surface area contributed by atoms with Crippen molar-refractivity contribution in [2.45, 2.75) is 13.5 Å². The molecule has 0 spiro atoms. The highest BCUT2D eigenvalue weighted by molar-refractivity contribution is 9.10. The number of para-hydroxylation sites is 1. The molecule has 0 aliphatic heterocycles. The fraction of sp³-hybridized carbons (Fsp3) is 0.188. The fourth-order valence-electron chi connectivity index (χ4n) is 1.86. The molecule has 0 radical (unpaired) electrons. The number of amides is 1. The van der Waals surface area contributed by atoms with Gasteiger partial charge in [0.25, 0.3) is 5.91 Å². The molecule has 110 valence electrons. The van der Waals surface area contributed by atoms with Crippen LogP contribution in [0.25, 0.3) is 0 Å². The van der Waals surface area contributed by atoms with Gasteiger partial charge in [0.2, 0.25) is 0 Å². The smallest absolute Gasteiger partial charge is 0.262 e. The predicted molar refractivity (Wildman–Crippen MR) is 85.4 cm³/mol. The molecule has 5 heteroatoms. The Bertz CT molecular complexity index is 643. The first-order valence-electron chi connectivity index (χ1n) is 6.47. The molecule has 4 nitrogen and oxygen atoms in total. The quantitative estimate of drug-likeness (QED) is 0.870. The molecule has 21 heavy (non-hydrogen) atoms. The van der Waals surface area contributed by atoms with Gasteiger partial charge < -0.3 is 15.2 Å². The zero-order chi connectivity index (χ0) is 15.2. The van der Waals surface area contributed by atoms with E-state index >= 15 is 0 Å². The third-order valence-electron chi connectivity index (χ3n) is 2.97. The second-order valence-corrected chi connectivity index (χ2v) is 5.48. The van der Waals surface area contributed by atoms with Gasteiger partial charge in [-0.2, -0.15) is 0 Å². The number of rotatable bonds is 5. The summed E-state index contributed by atoms with van der Waals surface area (Å²) in [6.45, 7) is 1.67. The number of benzene rings is 2. The molecule has 2 aromatic carbocycles. The summed E-state index contributed by atoms with van der Waals surface area (Å²) in [4.78, 5) is 11.9. The van der Waals surface area contributed by atoms with Crippen molar-refractivity contribution in [3.63, 3.8) is 0 Å². The van der Waals surface area contributed by atoms with Crippen molar-refractivity contribution in [2.24, 2.45) is 0 Å². The van der Waals surface area contributed by atoms with Crippen LogP contribution in [0.15, 0.2) is 46.9 Å². The van der Waals surface area contributed by atoms with Gasteiger partial charge in [-0.3, -0.25) is 4.79 Å². The van der Waals surface area contributed by atoms with Crippen molar-refractivity contribution in [3.8, 4) is 5.75 Å². The number of anilines is 1. The fourth-order valence-corrected chi connectivity index (χ4v) is 2.26. The zero-order valence-electron chi connectivity index (χ0n) is 11.6. The Hall–Kier alpha value is -1.85. The van der Waals surface area contributed by atoms with Gasteiger partial charge >= 0.3 is 0 Å². The van der Waals surface area contributed by atoms with Crippen LogP contribution in [0.2, 0.25) is 0 Å². The van der Waals surface area contributed by atoms with Gasteiger partial charge in [-0.1, -0.05) is 34.1 Å². The van der Waals surface area contributed by atoms with Gasteiger partial charge in [0.15, 0.2) is 6.61 Å². The number of halogens is 1. The summed E-state index contributed by atoms with van der Waals surface area (Å²) in [7, 11) is 0. The summed E-state index contributed by atoms with van der Waals surface area (Å²) in [5.74, 6) is 0.261. The Balaban J connectivity index is 1.97. The van der Waals surface area contributed by atoms with E-state index in [1.54, 1.807) is 18.2 Å². The van der Waals surface area contributed by atoms with Gasteiger partial charge in [-0.15, -0.1) is 0 Å². The average Bonchev–Trinajstić information content (AvgIpc) is 2.48. The molecule has 0 heterocycles. The summed E-state index contributed by atoms with van der Waals surface area (Å²) in [5, 5.41) is 12.1. The Labute approximate surface area is 131 Å². The van der Waals surface area contributed by atoms with Crippen molar-refractivity contribution in [3.05, 3.63) is 58.1 Å². The summed E-state index contributed by atoms with van der Waals surface area (Å²) >= 11 is 3.32. The second kappa shape index (κ2) is 7.24. The maximum absolute atomic E-state index is 11.9. The average molecular weight is 350 g/mol. The largest absolute Gasteiger partial charge is 0.483 e. The minimum Gasteiger partial charge on any atom is -0.483 e. The molecule has 1 amide bonds. The number of hydrogen-bond acceptors (Lipinski definition) is 3. The van der Waals surface area contributed by atoms with E-state index in [0.29, 0.717) is 11.3 Å². The Kier molecular flexibility index (Phi) is 5.36. The van der Waals surface area contributed by atoms with Crippen LogP contribution in [-0.4, -0.2) is 17.6 Å². The number of aliphatic hydroxyl groups excluding tert-OH is 1. The molecule has 0 saturated carbocycles. The molecule has 0 aliphatic rings. The first-order chi connectivity index (χ1) is 10.1. The topological polar surface area (TPSA) is 58.6 Å². The lowest BCUT2D eigenvalue weighted by atomic mass is 10.2. The molecular weight excluding hydrogens is 334 g/mol. The minimum atomic E-state index is -0.240. The summed E-state index contributed by atoms with van der Waals surface area (Å²) in [5.41, 5.74) is 2.39. The molecule has 0 saturated heterocycles. The van der Waals surface area contributed by atoms with Gasteiger partial charge in [0, 0.05) is 15.7 Å². The van der Waals surface area contributed by atoms with Crippen LogP contribution in [0, 0.1) is 6.92 Å². The van der Waals surface area contributed by atoms with Crippen molar-refractivity contribution >= 4 is 27.5 Å². The van der Waals surface area contributed by atoms with E-state index in [-0.39, 0.29) is 19.1 Å². The van der Waals surface area contributed by atoms with Crippen LogP contribution in [0.4, 0.5) is 5.69 Å². The van der Waals surface area contributed by atoms with E-state index in [9.17, 15) is 9.90 Å². The highest BCUT2D eigenvalue weighted by atomic mass is 79.9. The highest BCUT2D eigenvalue weighted by Crippen LogP contribution is 2.23. The zero-order valence-corrected chi connectivity index (χ0v) is 13.2. The van der Waals surface area contributed by atoms with Crippen molar-refractivity contribution in [1.29, 1.82) is 0 Å². The van der Waals surface area contributed by atoms with Gasteiger partial charge in [0.05, 0.1) is 6.61 Å². The number of carbonyl (C=O) groups excluding carboxylic acids is 1. The molecule has 2 N–H and O–H groups in total. The molecule has 0 aromatic heterocycles. The summed E-state index contributed by atoms with van der Waals surface area (Å²) in [6, 6.07) is 12.8. The summed E-state index contributed by atoms with van der Waals surface area (Å²) < 4.78 is 6.31. The minimum absolute atomic E-state index is 0.108. The number of aryl methyl sites for hydroxylation is 1. The van der Waals surface area contributed by atoms with Crippen LogP contribution in [0.5, 0.6) is 5.75 Å². The van der Waals surface area contributed by atoms with Crippen LogP contribution < -0.4 is 10.1 Å². The van der Waals surface area contributed by atoms with Crippen LogP contribution >= 0.6 is 15.9 Å². The highest BCUT2D eigenvalue weighted by Gasteiger charge is 2.08. The lowest BCUT2D eigenvalue weighted by Crippen LogP contribution is -2.21. The number of aliphatic hydroxyl groups is 1. The monoisotopic (exact) mass is 349 g/mol. The van der Waals surface area contributed by atoms with Crippen molar-refractivity contribution in [2.75, 3.05) is 11.9 Å². The van der Waals surface area contributed by atoms with E-state index in [2.05, 4.69) is 21.2 Å². The first-order valence-corrected chi connectivity index (χ1v) is 7.27. The number of ether oxygens (including phenoxy) is 1. The second-order valence-electron chi connectivity index (χ2n) is 4.56. The van der Waals surface area contributed by atoms with E-state index in [4.69, 9.17) is 4.74 Å². The maximum Gasteiger partial charge on any atom is 0.262 e. The normalized spacial score (nSPS) is 10.2. The molecule has 0 fully saturated rings. The lowest BCUT2D eigenvalue weighted by Gasteiger charge is -2.11. The van der Waals surface area contributed by atoms with E-state index < -0.39 is 0 Å². The van der Waals surface area contributed by atoms with Gasteiger partial charge in [-0.25, -0.2) is 0 Å². The summed E-state index contributed by atoms with van der Waals surface area (Å²) in [6.07, 6.45) is 0. The van der Waals surface area contributed by atoms with Crippen LogP contribution in [-0.2, 0) is 11.4 Å². The Morgan fingerprint density at radius 3 is 2.76 bits per heavy atom. The van der Waals surface area contributed by atoms with Gasteiger partial charge in [-0.05, 0) is 36.8 Å². The molecule has 0 unspecified atom stereocenters. The molecule has 2 rings (SSSR count). The van der Waals surface area contributed by atoms with Crippen molar-refractivity contribution < 1.29 is 14.6 Å². The SMILES string of the molecule is Cc1ccccc1NC(=O)COc1ccc(Br)cc1CO. The Morgan fingerprint density at radius 2 is 2.05 bits per heavy atom. The molecular formula is C16H16BrNO3.